The Bertz CT molecular complexity index is 393. The standard InChI is InChI=1S/C9H9F3N2O2/c1-5(8(15)16)14-7-4-6(2-3-13-7)9(10,11)12/h2-5H,1H3,(H,13,14)(H,15,16). The summed E-state index contributed by atoms with van der Waals surface area (Å²) in [5.74, 6) is -1.29. The Labute approximate surface area is 89.1 Å². The minimum atomic E-state index is -4.47. The second-order valence-corrected chi connectivity index (χ2v) is 3.13. The first-order chi connectivity index (χ1) is 7.30. The van der Waals surface area contributed by atoms with Gasteiger partial charge in [0.05, 0.1) is 5.56 Å². The summed E-state index contributed by atoms with van der Waals surface area (Å²) in [5.41, 5.74) is -0.873. The van der Waals surface area contributed by atoms with Crippen LogP contribution in [0.3, 0.4) is 0 Å². The summed E-state index contributed by atoms with van der Waals surface area (Å²) in [4.78, 5) is 14.1. The predicted molar refractivity (Wildman–Crippen MR) is 50.0 cm³/mol. The van der Waals surface area contributed by atoms with Crippen LogP contribution in [-0.4, -0.2) is 22.1 Å². The lowest BCUT2D eigenvalue weighted by Crippen LogP contribution is -2.26. The predicted octanol–water partition coefficient (Wildman–Crippen LogP) is 1.99. The van der Waals surface area contributed by atoms with Gasteiger partial charge in [0.2, 0.25) is 0 Å². The summed E-state index contributed by atoms with van der Waals surface area (Å²) in [6, 6.07) is 0.576. The molecule has 1 rings (SSSR count). The number of aromatic nitrogens is 1. The summed E-state index contributed by atoms with van der Waals surface area (Å²) >= 11 is 0. The van der Waals surface area contributed by atoms with Gasteiger partial charge in [-0.25, -0.2) is 4.98 Å². The zero-order chi connectivity index (χ0) is 12.3. The van der Waals surface area contributed by atoms with Crippen LogP contribution in [0, 0.1) is 0 Å². The quantitative estimate of drug-likeness (QED) is 0.839. The molecule has 0 spiro atoms. The number of carboxylic acid groups (broad SMARTS) is 1. The van der Waals surface area contributed by atoms with Crippen molar-refractivity contribution in [2.45, 2.75) is 19.1 Å². The molecular formula is C9H9F3N2O2. The molecule has 0 aliphatic rings. The molecule has 0 amide bonds. The smallest absolute Gasteiger partial charge is 0.416 e. The van der Waals surface area contributed by atoms with Gasteiger partial charge in [0.15, 0.2) is 0 Å². The molecule has 1 aromatic rings. The monoisotopic (exact) mass is 234 g/mol. The highest BCUT2D eigenvalue weighted by Gasteiger charge is 2.30. The molecule has 16 heavy (non-hydrogen) atoms. The van der Waals surface area contributed by atoms with E-state index in [1.54, 1.807) is 0 Å². The molecule has 1 heterocycles. The molecule has 1 aromatic heterocycles. The van der Waals surface area contributed by atoms with Gasteiger partial charge in [0.1, 0.15) is 11.9 Å². The average Bonchev–Trinajstić information content (AvgIpc) is 2.16. The molecule has 0 bridgehead atoms. The maximum absolute atomic E-state index is 12.3. The fraction of sp³-hybridized carbons (Fsp3) is 0.333. The molecule has 1 unspecified atom stereocenters. The molecule has 0 radical (unpaired) electrons. The van der Waals surface area contributed by atoms with Crippen LogP contribution in [-0.2, 0) is 11.0 Å². The van der Waals surface area contributed by atoms with Crippen LogP contribution < -0.4 is 5.32 Å². The van der Waals surface area contributed by atoms with Crippen molar-refractivity contribution in [3.8, 4) is 0 Å². The molecule has 4 nitrogen and oxygen atoms in total. The number of anilines is 1. The number of carboxylic acids is 1. The molecule has 1 atom stereocenters. The van der Waals surface area contributed by atoms with Crippen LogP contribution >= 0.6 is 0 Å². The molecule has 0 fully saturated rings. The SMILES string of the molecule is CC(Nc1cc(C(F)(F)F)ccn1)C(=O)O. The van der Waals surface area contributed by atoms with E-state index in [0.29, 0.717) is 0 Å². The fourth-order valence-corrected chi connectivity index (χ4v) is 0.969. The lowest BCUT2D eigenvalue weighted by Gasteiger charge is -2.12. The first-order valence-electron chi connectivity index (χ1n) is 4.33. The minimum Gasteiger partial charge on any atom is -0.480 e. The second-order valence-electron chi connectivity index (χ2n) is 3.13. The maximum Gasteiger partial charge on any atom is 0.416 e. The molecular weight excluding hydrogens is 225 g/mol. The molecule has 7 heteroatoms. The van der Waals surface area contributed by atoms with Gasteiger partial charge in [0, 0.05) is 6.20 Å². The van der Waals surface area contributed by atoms with Crippen LogP contribution in [0.15, 0.2) is 18.3 Å². The first-order valence-corrected chi connectivity index (χ1v) is 4.33. The van der Waals surface area contributed by atoms with Crippen molar-refractivity contribution in [2.24, 2.45) is 0 Å². The molecule has 2 N–H and O–H groups in total. The fourth-order valence-electron chi connectivity index (χ4n) is 0.969. The highest BCUT2D eigenvalue weighted by molar-refractivity contribution is 5.76. The molecule has 0 saturated heterocycles. The van der Waals surface area contributed by atoms with E-state index in [1.807, 2.05) is 0 Å². The van der Waals surface area contributed by atoms with Crippen molar-refractivity contribution in [2.75, 3.05) is 5.32 Å². The molecule has 88 valence electrons. The van der Waals surface area contributed by atoms with E-state index in [2.05, 4.69) is 10.3 Å². The molecule has 0 aromatic carbocycles. The molecule has 0 aliphatic heterocycles. The summed E-state index contributed by atoms with van der Waals surface area (Å²) in [5, 5.41) is 10.9. The van der Waals surface area contributed by atoms with Crippen molar-refractivity contribution in [3.05, 3.63) is 23.9 Å². The van der Waals surface area contributed by atoms with E-state index in [9.17, 15) is 18.0 Å². The second kappa shape index (κ2) is 4.38. The highest BCUT2D eigenvalue weighted by Crippen LogP contribution is 2.29. The van der Waals surface area contributed by atoms with Crippen LogP contribution in [0.1, 0.15) is 12.5 Å². The number of hydrogen-bond donors (Lipinski definition) is 2. The number of nitrogens with one attached hydrogen (secondary N) is 1. The summed E-state index contributed by atoms with van der Waals surface area (Å²) in [6.07, 6.45) is -3.49. The largest absolute Gasteiger partial charge is 0.480 e. The van der Waals surface area contributed by atoms with Gasteiger partial charge >= 0.3 is 12.1 Å². The Hall–Kier alpha value is -1.79. The number of nitrogens with zero attached hydrogens (tertiary/aromatic N) is 1. The van der Waals surface area contributed by atoms with Crippen LogP contribution in [0.25, 0.3) is 0 Å². The topological polar surface area (TPSA) is 62.2 Å². The van der Waals surface area contributed by atoms with Crippen molar-refractivity contribution in [1.29, 1.82) is 0 Å². The number of halogens is 3. The van der Waals surface area contributed by atoms with E-state index >= 15 is 0 Å². The summed E-state index contributed by atoms with van der Waals surface area (Å²) in [6.45, 7) is 1.31. The Kier molecular flexibility index (Phi) is 3.36. The first kappa shape index (κ1) is 12.3. The van der Waals surface area contributed by atoms with Gasteiger partial charge in [-0.3, -0.25) is 4.79 Å². The third-order valence-corrected chi connectivity index (χ3v) is 1.82. The average molecular weight is 234 g/mol. The highest BCUT2D eigenvalue weighted by atomic mass is 19.4. The van der Waals surface area contributed by atoms with Gasteiger partial charge in [-0.15, -0.1) is 0 Å². The van der Waals surface area contributed by atoms with Gasteiger partial charge in [-0.2, -0.15) is 13.2 Å². The minimum absolute atomic E-state index is 0.121. The van der Waals surface area contributed by atoms with Gasteiger partial charge in [-0.1, -0.05) is 0 Å². The normalized spacial score (nSPS) is 13.2. The Morgan fingerprint density at radius 1 is 1.56 bits per heavy atom. The lowest BCUT2D eigenvalue weighted by atomic mass is 10.2. The summed E-state index contributed by atoms with van der Waals surface area (Å²) in [7, 11) is 0. The Morgan fingerprint density at radius 2 is 2.19 bits per heavy atom. The molecule has 0 aliphatic carbocycles. The third kappa shape index (κ3) is 3.11. The Morgan fingerprint density at radius 3 is 2.69 bits per heavy atom. The van der Waals surface area contributed by atoms with E-state index in [4.69, 9.17) is 5.11 Å². The van der Waals surface area contributed by atoms with Crippen molar-refractivity contribution in [3.63, 3.8) is 0 Å². The van der Waals surface area contributed by atoms with E-state index in [1.165, 1.54) is 6.92 Å². The lowest BCUT2D eigenvalue weighted by molar-refractivity contribution is -0.138. The van der Waals surface area contributed by atoms with Crippen LogP contribution in [0.2, 0.25) is 0 Å². The van der Waals surface area contributed by atoms with Crippen molar-refractivity contribution < 1.29 is 23.1 Å². The number of aliphatic carboxylic acids is 1. The third-order valence-electron chi connectivity index (χ3n) is 1.82. The van der Waals surface area contributed by atoms with E-state index < -0.39 is 23.8 Å². The zero-order valence-corrected chi connectivity index (χ0v) is 8.25. The maximum atomic E-state index is 12.3. The number of carbonyl (C=O) groups is 1. The van der Waals surface area contributed by atoms with Crippen LogP contribution in [0.5, 0.6) is 0 Å². The van der Waals surface area contributed by atoms with Gasteiger partial charge < -0.3 is 10.4 Å². The van der Waals surface area contributed by atoms with Crippen LogP contribution in [0.4, 0.5) is 19.0 Å². The number of alkyl halides is 3. The van der Waals surface area contributed by atoms with Gasteiger partial charge in [0.25, 0.3) is 0 Å². The number of rotatable bonds is 3. The van der Waals surface area contributed by atoms with E-state index in [-0.39, 0.29) is 5.82 Å². The Balaban J connectivity index is 2.87. The zero-order valence-electron chi connectivity index (χ0n) is 8.25. The number of pyridine rings is 1. The van der Waals surface area contributed by atoms with E-state index in [0.717, 1.165) is 18.3 Å². The van der Waals surface area contributed by atoms with Crippen molar-refractivity contribution in [1.82, 2.24) is 4.98 Å². The number of hydrogen-bond acceptors (Lipinski definition) is 3. The molecule has 0 saturated carbocycles. The summed E-state index contributed by atoms with van der Waals surface area (Å²) < 4.78 is 36.9. The van der Waals surface area contributed by atoms with Gasteiger partial charge in [-0.05, 0) is 19.1 Å². The van der Waals surface area contributed by atoms with Crippen molar-refractivity contribution >= 4 is 11.8 Å².